The van der Waals surface area contributed by atoms with E-state index in [0.717, 1.165) is 0 Å². The highest BCUT2D eigenvalue weighted by atomic mass is 32.2. The third-order valence-corrected chi connectivity index (χ3v) is 4.20. The van der Waals surface area contributed by atoms with Gasteiger partial charge in [-0.15, -0.1) is 10.2 Å². The Morgan fingerprint density at radius 2 is 2.15 bits per heavy atom. The van der Waals surface area contributed by atoms with E-state index in [2.05, 4.69) is 24.9 Å². The predicted octanol–water partition coefficient (Wildman–Crippen LogP) is 1.40. The van der Waals surface area contributed by atoms with Crippen LogP contribution in [-0.4, -0.2) is 55.0 Å². The fourth-order valence-corrected chi connectivity index (χ4v) is 3.03. The smallest absolute Gasteiger partial charge is 0.261 e. The molecule has 2 aromatic heterocycles. The van der Waals surface area contributed by atoms with Crippen molar-refractivity contribution in [3.8, 4) is 11.4 Å². The minimum Gasteiger partial charge on any atom is -0.480 e. The molecule has 3 rings (SSSR count). The van der Waals surface area contributed by atoms with Crippen LogP contribution in [0.4, 0.5) is 5.95 Å². The SMILES string of the molecule is COC1=C(n2c(NS(=O)O)nnc2-c2cccnc2)C(OC)C(C)C=N1. The Morgan fingerprint density at radius 3 is 2.77 bits per heavy atom. The van der Waals surface area contributed by atoms with E-state index in [0.29, 0.717) is 23.0 Å². The maximum Gasteiger partial charge on any atom is 0.261 e. The molecule has 2 N–H and O–H groups in total. The van der Waals surface area contributed by atoms with Gasteiger partial charge < -0.3 is 9.47 Å². The van der Waals surface area contributed by atoms with Crippen LogP contribution in [0.1, 0.15) is 6.92 Å². The summed E-state index contributed by atoms with van der Waals surface area (Å²) in [6, 6.07) is 3.56. The van der Waals surface area contributed by atoms with Crippen LogP contribution >= 0.6 is 0 Å². The van der Waals surface area contributed by atoms with Crippen molar-refractivity contribution in [2.45, 2.75) is 13.0 Å². The molecule has 138 valence electrons. The van der Waals surface area contributed by atoms with Crippen LogP contribution in [0.5, 0.6) is 0 Å². The molecule has 0 radical (unpaired) electrons. The summed E-state index contributed by atoms with van der Waals surface area (Å²) in [6.45, 7) is 1.94. The number of nitrogens with zero attached hydrogens (tertiary/aromatic N) is 5. The summed E-state index contributed by atoms with van der Waals surface area (Å²) >= 11 is -2.34. The molecule has 0 saturated carbocycles. The van der Waals surface area contributed by atoms with Gasteiger partial charge in [-0.05, 0) is 12.1 Å². The average molecular weight is 378 g/mol. The van der Waals surface area contributed by atoms with Crippen LogP contribution in [0.2, 0.25) is 0 Å². The minimum atomic E-state index is -2.34. The zero-order valence-corrected chi connectivity index (χ0v) is 15.2. The average Bonchev–Trinajstić information content (AvgIpc) is 3.04. The highest BCUT2D eigenvalue weighted by Crippen LogP contribution is 2.34. The van der Waals surface area contributed by atoms with E-state index in [1.807, 2.05) is 6.92 Å². The highest BCUT2D eigenvalue weighted by Gasteiger charge is 2.33. The number of pyridine rings is 1. The maximum atomic E-state index is 11.3. The zero-order valence-electron chi connectivity index (χ0n) is 14.4. The third kappa shape index (κ3) is 3.36. The van der Waals surface area contributed by atoms with Crippen molar-refractivity contribution in [1.29, 1.82) is 0 Å². The van der Waals surface area contributed by atoms with Crippen LogP contribution < -0.4 is 4.72 Å². The molecule has 10 nitrogen and oxygen atoms in total. The summed E-state index contributed by atoms with van der Waals surface area (Å²) in [5.41, 5.74) is 1.18. The summed E-state index contributed by atoms with van der Waals surface area (Å²) in [4.78, 5) is 8.41. The Bertz CT molecular complexity index is 866. The molecule has 11 heteroatoms. The van der Waals surface area contributed by atoms with Gasteiger partial charge in [-0.3, -0.25) is 14.1 Å². The molecule has 0 saturated heterocycles. The van der Waals surface area contributed by atoms with Gasteiger partial charge in [0.05, 0.1) is 7.11 Å². The lowest BCUT2D eigenvalue weighted by Crippen LogP contribution is -2.31. The molecule has 0 fully saturated rings. The quantitative estimate of drug-likeness (QED) is 0.728. The van der Waals surface area contributed by atoms with Crippen molar-refractivity contribution in [1.82, 2.24) is 19.7 Å². The summed E-state index contributed by atoms with van der Waals surface area (Å²) in [5, 5.41) is 8.14. The van der Waals surface area contributed by atoms with Crippen LogP contribution in [0, 0.1) is 5.92 Å². The second-order valence-electron chi connectivity index (χ2n) is 5.46. The van der Waals surface area contributed by atoms with Gasteiger partial charge in [0.15, 0.2) is 5.82 Å². The van der Waals surface area contributed by atoms with E-state index in [1.54, 1.807) is 42.4 Å². The Labute approximate surface area is 152 Å². The lowest BCUT2D eigenvalue weighted by molar-refractivity contribution is 0.116. The Kier molecular flexibility index (Phi) is 5.40. The van der Waals surface area contributed by atoms with Crippen LogP contribution in [0.3, 0.4) is 0 Å². The van der Waals surface area contributed by atoms with Crippen molar-refractivity contribution in [3.63, 3.8) is 0 Å². The number of anilines is 1. The van der Waals surface area contributed by atoms with Crippen LogP contribution in [0.15, 0.2) is 35.4 Å². The molecular formula is C15H18N6O4S. The molecular weight excluding hydrogens is 360 g/mol. The maximum absolute atomic E-state index is 11.3. The van der Waals surface area contributed by atoms with Gasteiger partial charge in [0, 0.05) is 37.2 Å². The van der Waals surface area contributed by atoms with Gasteiger partial charge in [0.2, 0.25) is 11.8 Å². The van der Waals surface area contributed by atoms with Gasteiger partial charge >= 0.3 is 0 Å². The molecule has 1 aliphatic heterocycles. The standard InChI is InChI=1S/C15H18N6O4S/c1-9-7-17-14(25-3)11(12(9)24-2)21-13(10-5-4-6-16-8-10)18-19-15(21)20-26(22)23/h4-9,12H,1-3H3,(H,19,20)(H,22,23). The first kappa shape index (κ1) is 18.2. The molecule has 0 aromatic carbocycles. The normalized spacial score (nSPS) is 20.9. The fraction of sp³-hybridized carbons (Fsp3) is 0.333. The first-order valence-electron chi connectivity index (χ1n) is 7.65. The van der Waals surface area contributed by atoms with E-state index in [1.165, 1.54) is 7.11 Å². The summed E-state index contributed by atoms with van der Waals surface area (Å²) in [7, 11) is 3.06. The Hall–Kier alpha value is -2.63. The molecule has 3 unspecified atom stereocenters. The molecule has 1 aliphatic rings. The van der Waals surface area contributed by atoms with E-state index in [9.17, 15) is 8.76 Å². The zero-order chi connectivity index (χ0) is 18.7. The Balaban J connectivity index is 2.26. The molecule has 2 aromatic rings. The number of nitrogens with one attached hydrogen (secondary N) is 1. The molecule has 0 spiro atoms. The molecule has 26 heavy (non-hydrogen) atoms. The summed E-state index contributed by atoms with van der Waals surface area (Å²) < 4.78 is 35.5. The first-order valence-corrected chi connectivity index (χ1v) is 8.76. The van der Waals surface area contributed by atoms with Gasteiger partial charge in [-0.2, -0.15) is 0 Å². The number of ether oxygens (including phenoxy) is 2. The lowest BCUT2D eigenvalue weighted by atomic mass is 10.0. The molecule has 0 amide bonds. The Morgan fingerprint density at radius 1 is 1.35 bits per heavy atom. The van der Waals surface area contributed by atoms with E-state index in [4.69, 9.17) is 9.47 Å². The van der Waals surface area contributed by atoms with Gasteiger partial charge in [-0.25, -0.2) is 13.9 Å². The number of aromatic nitrogens is 4. The highest BCUT2D eigenvalue weighted by molar-refractivity contribution is 7.80. The lowest BCUT2D eigenvalue weighted by Gasteiger charge is -2.28. The van der Waals surface area contributed by atoms with Gasteiger partial charge in [-0.1, -0.05) is 6.92 Å². The number of methoxy groups -OCH3 is 2. The fourth-order valence-electron chi connectivity index (χ4n) is 2.75. The molecule has 3 heterocycles. The van der Waals surface area contributed by atoms with Gasteiger partial charge in [0.1, 0.15) is 11.8 Å². The van der Waals surface area contributed by atoms with E-state index < -0.39 is 17.4 Å². The van der Waals surface area contributed by atoms with Crippen molar-refractivity contribution >= 4 is 29.1 Å². The van der Waals surface area contributed by atoms with E-state index in [-0.39, 0.29) is 11.9 Å². The molecule has 0 aliphatic carbocycles. The van der Waals surface area contributed by atoms with Crippen LogP contribution in [0.25, 0.3) is 17.1 Å². The second-order valence-corrected chi connectivity index (χ2v) is 6.17. The van der Waals surface area contributed by atoms with Crippen molar-refractivity contribution in [2.24, 2.45) is 10.9 Å². The molecule has 0 bridgehead atoms. The monoisotopic (exact) mass is 378 g/mol. The number of aliphatic imine (C=N–C) groups is 1. The topological polar surface area (TPSA) is 124 Å². The third-order valence-electron chi connectivity index (χ3n) is 3.84. The predicted molar refractivity (Wildman–Crippen MR) is 96.3 cm³/mol. The molecule has 3 atom stereocenters. The van der Waals surface area contributed by atoms with Crippen molar-refractivity contribution in [3.05, 3.63) is 30.4 Å². The summed E-state index contributed by atoms with van der Waals surface area (Å²) in [6.07, 6.45) is 4.55. The van der Waals surface area contributed by atoms with Crippen molar-refractivity contribution in [2.75, 3.05) is 18.9 Å². The van der Waals surface area contributed by atoms with Crippen molar-refractivity contribution < 1.29 is 18.2 Å². The first-order chi connectivity index (χ1) is 12.6. The largest absolute Gasteiger partial charge is 0.480 e. The number of rotatable bonds is 6. The minimum absolute atomic E-state index is 0.0561. The van der Waals surface area contributed by atoms with Gasteiger partial charge in [0.25, 0.3) is 11.3 Å². The second kappa shape index (κ2) is 7.72. The number of hydrogen-bond donors (Lipinski definition) is 2. The summed E-state index contributed by atoms with van der Waals surface area (Å²) in [5.74, 6) is 0.694. The number of hydrogen-bond acceptors (Lipinski definition) is 7. The van der Waals surface area contributed by atoms with E-state index >= 15 is 0 Å². The van der Waals surface area contributed by atoms with Crippen LogP contribution in [-0.2, 0) is 20.7 Å².